The molecule has 2 fully saturated rings. The largest absolute Gasteiger partial charge is 0.481 e. The molecule has 0 aromatic heterocycles. The molecule has 0 radical (unpaired) electrons. The van der Waals surface area contributed by atoms with Crippen molar-refractivity contribution in [3.8, 4) is 0 Å². The highest BCUT2D eigenvalue weighted by atomic mass is 16.4. The Hall–Kier alpha value is -2.46. The van der Waals surface area contributed by atoms with Crippen LogP contribution in [0.2, 0.25) is 0 Å². The number of nitrogens with zero attached hydrogens (tertiary/aromatic N) is 2. The molecule has 2 aromatic rings. The van der Waals surface area contributed by atoms with Gasteiger partial charge < -0.3 is 5.11 Å². The second-order valence-electron chi connectivity index (χ2n) is 8.25. The fourth-order valence-corrected chi connectivity index (χ4v) is 4.25. The molecule has 146 valence electrons. The van der Waals surface area contributed by atoms with Crippen molar-refractivity contribution < 1.29 is 9.90 Å². The van der Waals surface area contributed by atoms with Gasteiger partial charge in [0, 0.05) is 18.7 Å². The monoisotopic (exact) mass is 376 g/mol. The summed E-state index contributed by atoms with van der Waals surface area (Å²) in [6.07, 6.45) is 4.47. The molecule has 28 heavy (non-hydrogen) atoms. The number of piperidine rings is 1. The number of benzene rings is 2. The maximum Gasteiger partial charge on any atom is 0.311 e. The van der Waals surface area contributed by atoms with Crippen molar-refractivity contribution in [2.75, 3.05) is 19.6 Å². The lowest BCUT2D eigenvalue weighted by Gasteiger charge is -2.38. The molecule has 0 bridgehead atoms. The molecular weight excluding hydrogens is 348 g/mol. The van der Waals surface area contributed by atoms with E-state index in [2.05, 4.69) is 58.4 Å². The number of rotatable bonds is 7. The molecule has 4 nitrogen and oxygen atoms in total. The summed E-state index contributed by atoms with van der Waals surface area (Å²) in [7, 11) is 0. The van der Waals surface area contributed by atoms with E-state index in [9.17, 15) is 9.90 Å². The zero-order chi connectivity index (χ0) is 19.4. The van der Waals surface area contributed by atoms with Crippen molar-refractivity contribution in [1.29, 1.82) is 0 Å². The number of aliphatic imine (C=N–C) groups is 1. The van der Waals surface area contributed by atoms with Gasteiger partial charge in [0.25, 0.3) is 0 Å². The minimum Gasteiger partial charge on any atom is -0.481 e. The number of carboxylic acid groups (broad SMARTS) is 1. The van der Waals surface area contributed by atoms with Gasteiger partial charge in [0.1, 0.15) is 0 Å². The van der Waals surface area contributed by atoms with Crippen molar-refractivity contribution in [1.82, 2.24) is 4.90 Å². The van der Waals surface area contributed by atoms with Crippen LogP contribution in [0.5, 0.6) is 0 Å². The molecule has 1 unspecified atom stereocenters. The average molecular weight is 377 g/mol. The highest BCUT2D eigenvalue weighted by molar-refractivity contribution is 5.76. The quantitative estimate of drug-likeness (QED) is 0.736. The molecule has 2 aromatic carbocycles. The van der Waals surface area contributed by atoms with Gasteiger partial charge in [-0.2, -0.15) is 0 Å². The second-order valence-corrected chi connectivity index (χ2v) is 8.25. The van der Waals surface area contributed by atoms with Crippen LogP contribution in [0, 0.1) is 11.3 Å². The van der Waals surface area contributed by atoms with Crippen molar-refractivity contribution in [3.63, 3.8) is 0 Å². The number of hydrogen-bond acceptors (Lipinski definition) is 3. The molecule has 1 saturated heterocycles. The van der Waals surface area contributed by atoms with Crippen LogP contribution in [-0.4, -0.2) is 41.8 Å². The van der Waals surface area contributed by atoms with Gasteiger partial charge in [-0.25, -0.2) is 0 Å². The Morgan fingerprint density at radius 1 is 1.07 bits per heavy atom. The smallest absolute Gasteiger partial charge is 0.311 e. The molecule has 1 heterocycles. The lowest BCUT2D eigenvalue weighted by atomic mass is 9.78. The lowest BCUT2D eigenvalue weighted by Crippen LogP contribution is -2.45. The first-order valence-electron chi connectivity index (χ1n) is 10.2. The van der Waals surface area contributed by atoms with Crippen LogP contribution in [-0.2, 0) is 11.3 Å². The van der Waals surface area contributed by atoms with Crippen LogP contribution in [0.15, 0.2) is 65.7 Å². The summed E-state index contributed by atoms with van der Waals surface area (Å²) in [5.41, 5.74) is 1.94. The summed E-state index contributed by atoms with van der Waals surface area (Å²) in [6, 6.07) is 20.9. The molecule has 1 saturated carbocycles. The van der Waals surface area contributed by atoms with Gasteiger partial charge in [0.2, 0.25) is 0 Å². The third-order valence-corrected chi connectivity index (χ3v) is 6.27. The third kappa shape index (κ3) is 4.33. The Labute approximate surface area is 166 Å². The van der Waals surface area contributed by atoms with Crippen LogP contribution in [0.1, 0.15) is 36.3 Å². The van der Waals surface area contributed by atoms with Crippen molar-refractivity contribution >= 4 is 12.2 Å². The first kappa shape index (κ1) is 18.9. The summed E-state index contributed by atoms with van der Waals surface area (Å²) in [4.78, 5) is 19.0. The summed E-state index contributed by atoms with van der Waals surface area (Å²) in [5, 5.41) is 9.88. The first-order chi connectivity index (χ1) is 13.7. The Bertz CT molecular complexity index is 811. The van der Waals surface area contributed by atoms with Crippen LogP contribution in [0.3, 0.4) is 0 Å². The summed E-state index contributed by atoms with van der Waals surface area (Å²) in [6.45, 7) is 2.92. The SMILES string of the molecule is O=C(O)C1(CN=CC2C[C@@H]2c2ccccc2)CCN(Cc2ccccc2)CC1. The molecule has 2 aliphatic rings. The molecule has 4 rings (SSSR count). The molecule has 4 heteroatoms. The van der Waals surface area contributed by atoms with E-state index in [1.807, 2.05) is 18.3 Å². The van der Waals surface area contributed by atoms with Crippen molar-refractivity contribution in [2.24, 2.45) is 16.3 Å². The van der Waals surface area contributed by atoms with E-state index in [-0.39, 0.29) is 0 Å². The number of aliphatic carboxylic acids is 1. The maximum absolute atomic E-state index is 12.0. The number of carbonyl (C=O) groups is 1. The number of carboxylic acids is 1. The number of likely N-dealkylation sites (tertiary alicyclic amines) is 1. The highest BCUT2D eigenvalue weighted by Crippen LogP contribution is 2.46. The van der Waals surface area contributed by atoms with Gasteiger partial charge in [0.05, 0.1) is 12.0 Å². The average Bonchev–Trinajstić information content (AvgIpc) is 3.50. The molecule has 1 aliphatic carbocycles. The van der Waals surface area contributed by atoms with E-state index < -0.39 is 11.4 Å². The fourth-order valence-electron chi connectivity index (χ4n) is 4.25. The third-order valence-electron chi connectivity index (χ3n) is 6.27. The first-order valence-corrected chi connectivity index (χ1v) is 10.2. The predicted molar refractivity (Wildman–Crippen MR) is 112 cm³/mol. The number of hydrogen-bond donors (Lipinski definition) is 1. The Morgan fingerprint density at radius 3 is 2.36 bits per heavy atom. The Morgan fingerprint density at radius 2 is 1.71 bits per heavy atom. The zero-order valence-electron chi connectivity index (χ0n) is 16.2. The van der Waals surface area contributed by atoms with Crippen LogP contribution in [0.25, 0.3) is 0 Å². The zero-order valence-corrected chi connectivity index (χ0v) is 16.2. The van der Waals surface area contributed by atoms with Gasteiger partial charge in [-0.3, -0.25) is 14.7 Å². The topological polar surface area (TPSA) is 52.9 Å². The van der Waals surface area contributed by atoms with E-state index >= 15 is 0 Å². The predicted octanol–water partition coefficient (Wildman–Crippen LogP) is 4.23. The minimum atomic E-state index is -0.708. The van der Waals surface area contributed by atoms with Crippen LogP contribution in [0.4, 0.5) is 0 Å². The van der Waals surface area contributed by atoms with E-state index in [4.69, 9.17) is 0 Å². The van der Waals surface area contributed by atoms with Gasteiger partial charge >= 0.3 is 5.97 Å². The van der Waals surface area contributed by atoms with Crippen molar-refractivity contribution in [2.45, 2.75) is 31.7 Å². The Kier molecular flexibility index (Phi) is 5.58. The standard InChI is InChI=1S/C24H28N2O2/c27-23(28)24(11-13-26(14-12-24)17-19-7-3-1-4-8-19)18-25-16-21-15-22(21)20-9-5-2-6-10-20/h1-10,16,21-22H,11-15,17-18H2,(H,27,28)/t21?,22-/m1/s1. The molecule has 0 amide bonds. The normalized spacial score (nSPS) is 24.3. The summed E-state index contributed by atoms with van der Waals surface area (Å²) >= 11 is 0. The van der Waals surface area contributed by atoms with Gasteiger partial charge in [-0.15, -0.1) is 0 Å². The minimum absolute atomic E-state index is 0.402. The Balaban J connectivity index is 1.30. The molecule has 2 atom stereocenters. The molecule has 1 N–H and O–H groups in total. The summed E-state index contributed by atoms with van der Waals surface area (Å²) < 4.78 is 0. The maximum atomic E-state index is 12.0. The molecular formula is C24H28N2O2. The lowest BCUT2D eigenvalue weighted by molar-refractivity contribution is -0.151. The van der Waals surface area contributed by atoms with Crippen LogP contribution < -0.4 is 0 Å². The van der Waals surface area contributed by atoms with E-state index in [0.717, 1.165) is 26.1 Å². The summed E-state index contributed by atoms with van der Waals surface area (Å²) in [5.74, 6) is 0.323. The van der Waals surface area contributed by atoms with E-state index in [1.165, 1.54) is 11.1 Å². The molecule has 0 spiro atoms. The van der Waals surface area contributed by atoms with E-state index in [0.29, 0.717) is 31.2 Å². The second kappa shape index (κ2) is 8.27. The van der Waals surface area contributed by atoms with Gasteiger partial charge in [-0.1, -0.05) is 60.7 Å². The fraction of sp³-hybridized carbons (Fsp3) is 0.417. The van der Waals surface area contributed by atoms with Gasteiger partial charge in [0.15, 0.2) is 0 Å². The highest BCUT2D eigenvalue weighted by Gasteiger charge is 2.42. The van der Waals surface area contributed by atoms with Gasteiger partial charge in [-0.05, 0) is 49.4 Å². The van der Waals surface area contributed by atoms with Crippen molar-refractivity contribution in [3.05, 3.63) is 71.8 Å². The van der Waals surface area contributed by atoms with Crippen LogP contribution >= 0.6 is 0 Å². The van der Waals surface area contributed by atoms with E-state index in [1.54, 1.807) is 0 Å². The molecule has 1 aliphatic heterocycles.